The molecule has 2 atom stereocenters. The van der Waals surface area contributed by atoms with Crippen LogP contribution < -0.4 is 4.72 Å². The molecule has 126 valence electrons. The molecule has 0 saturated heterocycles. The standard InChI is InChI=1S/C17H30NO2PS/c1-8-21(19,9-2)17(7,18-22(20)16(4,5)6)15-12-10-14(3)11-13-15/h10-13,18H,8-9H2,1-7H3/t17-,22-/m0/s1. The van der Waals surface area contributed by atoms with Crippen LogP contribution in [0, 0.1) is 6.92 Å². The van der Waals surface area contributed by atoms with Gasteiger partial charge in [-0.15, -0.1) is 0 Å². The lowest BCUT2D eigenvalue weighted by molar-refractivity contribution is 0.515. The summed E-state index contributed by atoms with van der Waals surface area (Å²) < 4.78 is 29.0. The molecule has 1 aromatic rings. The van der Waals surface area contributed by atoms with Gasteiger partial charge in [0.25, 0.3) is 0 Å². The van der Waals surface area contributed by atoms with E-state index < -0.39 is 28.2 Å². The Kier molecular flexibility index (Phi) is 6.22. The Hall–Kier alpha value is -0.440. The number of hydrogen-bond donors (Lipinski definition) is 1. The Balaban J connectivity index is 3.42. The Bertz CT molecular complexity index is 569. The van der Waals surface area contributed by atoms with E-state index in [2.05, 4.69) is 4.72 Å². The monoisotopic (exact) mass is 343 g/mol. The summed E-state index contributed by atoms with van der Waals surface area (Å²) in [6.07, 6.45) is 1.17. The molecule has 0 amide bonds. The fraction of sp³-hybridized carbons (Fsp3) is 0.647. The molecule has 3 nitrogen and oxygen atoms in total. The van der Waals surface area contributed by atoms with Crippen LogP contribution in [0.2, 0.25) is 0 Å². The summed E-state index contributed by atoms with van der Waals surface area (Å²) in [7, 11) is -3.85. The van der Waals surface area contributed by atoms with Crippen LogP contribution in [0.3, 0.4) is 0 Å². The zero-order valence-corrected chi connectivity index (χ0v) is 16.6. The molecule has 0 aromatic heterocycles. The average molecular weight is 343 g/mol. The Morgan fingerprint density at radius 3 is 1.86 bits per heavy atom. The largest absolute Gasteiger partial charge is 0.321 e. The molecule has 0 aliphatic rings. The maximum atomic E-state index is 13.5. The molecular weight excluding hydrogens is 313 g/mol. The van der Waals surface area contributed by atoms with Crippen molar-refractivity contribution in [3.05, 3.63) is 35.4 Å². The molecular formula is C17H30NO2PS. The van der Waals surface area contributed by atoms with Gasteiger partial charge in [-0.3, -0.25) is 0 Å². The van der Waals surface area contributed by atoms with Crippen molar-refractivity contribution in [3.8, 4) is 0 Å². The molecule has 0 fully saturated rings. The molecule has 1 rings (SSSR count). The predicted octanol–water partition coefficient (Wildman–Crippen LogP) is 4.62. The summed E-state index contributed by atoms with van der Waals surface area (Å²) in [5, 5.41) is -0.775. The van der Waals surface area contributed by atoms with Crippen LogP contribution in [0.4, 0.5) is 0 Å². The van der Waals surface area contributed by atoms with Gasteiger partial charge in [0.05, 0.1) is 15.7 Å². The molecule has 0 aliphatic carbocycles. The van der Waals surface area contributed by atoms with Crippen LogP contribution in [0.25, 0.3) is 0 Å². The highest BCUT2D eigenvalue weighted by Crippen LogP contribution is 2.61. The predicted molar refractivity (Wildman–Crippen MR) is 98.3 cm³/mol. The van der Waals surface area contributed by atoms with E-state index >= 15 is 0 Å². The second-order valence-corrected chi connectivity index (χ2v) is 12.8. The van der Waals surface area contributed by atoms with E-state index in [1.54, 1.807) is 0 Å². The number of hydrogen-bond acceptors (Lipinski definition) is 2. The molecule has 0 radical (unpaired) electrons. The molecule has 0 aliphatic heterocycles. The summed E-state index contributed by atoms with van der Waals surface area (Å²) in [4.78, 5) is 0. The van der Waals surface area contributed by atoms with Crippen LogP contribution in [0.5, 0.6) is 0 Å². The van der Waals surface area contributed by atoms with Crippen molar-refractivity contribution in [2.45, 2.75) is 58.5 Å². The van der Waals surface area contributed by atoms with Crippen LogP contribution in [0.15, 0.2) is 24.3 Å². The zero-order valence-electron chi connectivity index (χ0n) is 14.9. The first-order valence-corrected chi connectivity index (χ1v) is 11.1. The maximum absolute atomic E-state index is 13.5. The van der Waals surface area contributed by atoms with Crippen molar-refractivity contribution in [2.75, 3.05) is 12.3 Å². The normalized spacial score (nSPS) is 17.0. The highest BCUT2D eigenvalue weighted by Gasteiger charge is 2.45. The van der Waals surface area contributed by atoms with E-state index in [0.717, 1.165) is 11.1 Å². The van der Waals surface area contributed by atoms with Gasteiger partial charge in [-0.2, -0.15) is 0 Å². The van der Waals surface area contributed by atoms with E-state index in [0.29, 0.717) is 12.3 Å². The molecule has 0 heterocycles. The van der Waals surface area contributed by atoms with Gasteiger partial charge in [0.1, 0.15) is 12.4 Å². The minimum absolute atomic E-state index is 0.404. The topological polar surface area (TPSA) is 46.2 Å². The van der Waals surface area contributed by atoms with Gasteiger partial charge in [0.2, 0.25) is 0 Å². The van der Waals surface area contributed by atoms with E-state index in [1.165, 1.54) is 0 Å². The van der Waals surface area contributed by atoms with Crippen molar-refractivity contribution in [2.24, 2.45) is 0 Å². The molecule has 0 saturated carbocycles. The number of aryl methyl sites for hydroxylation is 1. The molecule has 22 heavy (non-hydrogen) atoms. The first-order valence-electron chi connectivity index (χ1n) is 7.85. The van der Waals surface area contributed by atoms with E-state index in [1.807, 2.05) is 72.7 Å². The quantitative estimate of drug-likeness (QED) is 0.766. The van der Waals surface area contributed by atoms with E-state index in [9.17, 15) is 8.77 Å². The zero-order chi connectivity index (χ0) is 17.2. The highest BCUT2D eigenvalue weighted by molar-refractivity contribution is 7.85. The highest BCUT2D eigenvalue weighted by atomic mass is 32.2. The molecule has 0 bridgehead atoms. The molecule has 0 unspecified atom stereocenters. The minimum atomic E-state index is -2.57. The molecule has 5 heteroatoms. The summed E-state index contributed by atoms with van der Waals surface area (Å²) in [5.41, 5.74) is 2.11. The SMILES string of the molecule is CCP(=O)(CC)[C@](C)(N[S@@](=O)C(C)(C)C)c1ccc(C)cc1. The fourth-order valence-electron chi connectivity index (χ4n) is 2.45. The Morgan fingerprint density at radius 1 is 1.05 bits per heavy atom. The van der Waals surface area contributed by atoms with Crippen LogP contribution >= 0.6 is 7.14 Å². The van der Waals surface area contributed by atoms with Gasteiger partial charge < -0.3 is 4.57 Å². The summed E-state index contributed by atoms with van der Waals surface area (Å²) in [6.45, 7) is 13.7. The van der Waals surface area contributed by atoms with Gasteiger partial charge in [0, 0.05) is 12.3 Å². The van der Waals surface area contributed by atoms with Crippen LogP contribution in [-0.2, 0) is 20.8 Å². The van der Waals surface area contributed by atoms with Gasteiger partial charge >= 0.3 is 0 Å². The van der Waals surface area contributed by atoms with Crippen molar-refractivity contribution in [1.82, 2.24) is 4.72 Å². The van der Waals surface area contributed by atoms with Crippen LogP contribution in [0.1, 0.15) is 52.7 Å². The maximum Gasteiger partial charge on any atom is 0.111 e. The third kappa shape index (κ3) is 3.90. The average Bonchev–Trinajstić information content (AvgIpc) is 2.45. The van der Waals surface area contributed by atoms with Gasteiger partial charge in [-0.1, -0.05) is 43.7 Å². The van der Waals surface area contributed by atoms with Crippen LogP contribution in [-0.4, -0.2) is 21.3 Å². The smallest absolute Gasteiger partial charge is 0.111 e. The second-order valence-electron chi connectivity index (χ2n) is 6.94. The van der Waals surface area contributed by atoms with Gasteiger partial charge in [0.15, 0.2) is 0 Å². The second kappa shape index (κ2) is 6.98. The first-order chi connectivity index (χ1) is 10.00. The third-order valence-corrected chi connectivity index (χ3v) is 10.2. The number of nitrogens with one attached hydrogen (secondary N) is 1. The lowest BCUT2D eigenvalue weighted by atomic mass is 10.1. The number of rotatable bonds is 6. The Labute approximate surface area is 138 Å². The Morgan fingerprint density at radius 2 is 1.50 bits per heavy atom. The van der Waals surface area contributed by atoms with Gasteiger partial charge in [-0.25, -0.2) is 8.93 Å². The minimum Gasteiger partial charge on any atom is -0.321 e. The van der Waals surface area contributed by atoms with Crippen molar-refractivity contribution >= 4 is 18.1 Å². The lowest BCUT2D eigenvalue weighted by Gasteiger charge is -2.39. The summed E-state index contributed by atoms with van der Waals surface area (Å²) >= 11 is 0. The molecule has 0 spiro atoms. The summed E-state index contributed by atoms with van der Waals surface area (Å²) in [5.74, 6) is 0. The lowest BCUT2D eigenvalue weighted by Crippen LogP contribution is -2.46. The molecule has 1 N–H and O–H groups in total. The van der Waals surface area contributed by atoms with Crippen molar-refractivity contribution in [3.63, 3.8) is 0 Å². The molecule has 1 aromatic carbocycles. The van der Waals surface area contributed by atoms with Crippen molar-refractivity contribution < 1.29 is 8.77 Å². The fourth-order valence-corrected chi connectivity index (χ4v) is 6.48. The summed E-state index contributed by atoms with van der Waals surface area (Å²) in [6, 6.07) is 8.04. The van der Waals surface area contributed by atoms with E-state index in [4.69, 9.17) is 0 Å². The van der Waals surface area contributed by atoms with Gasteiger partial charge in [-0.05, 0) is 40.2 Å². The number of benzene rings is 1. The van der Waals surface area contributed by atoms with E-state index in [-0.39, 0.29) is 0 Å². The third-order valence-electron chi connectivity index (χ3n) is 4.30. The first kappa shape index (κ1) is 19.6. The van der Waals surface area contributed by atoms with Crippen molar-refractivity contribution in [1.29, 1.82) is 0 Å².